The standard InChI is InChI=1S/C10H18N2O10P2/c1-7-2-12(10(14)11-9(7)13)8(3-21-5-23(15,16)17)4-22-6-24(18,19)20/h2,8H,3-6H2,1H3,(H,11,13,14)(H2,15,16,17)(H2,18,19,20). The lowest BCUT2D eigenvalue weighted by molar-refractivity contribution is 0.0624. The molecule has 1 aromatic rings. The molecule has 0 atom stereocenters. The number of H-pyrrole nitrogens is 1. The highest BCUT2D eigenvalue weighted by Gasteiger charge is 2.20. The summed E-state index contributed by atoms with van der Waals surface area (Å²) in [7, 11) is -8.86. The minimum Gasteiger partial charge on any atom is -0.367 e. The average Bonchev–Trinajstić information content (AvgIpc) is 2.38. The summed E-state index contributed by atoms with van der Waals surface area (Å²) in [6.45, 7) is 0.647. The number of aromatic amines is 1. The molecule has 0 radical (unpaired) electrons. The second-order valence-electron chi connectivity index (χ2n) is 4.96. The van der Waals surface area contributed by atoms with Crippen LogP contribution in [-0.4, -0.2) is 55.0 Å². The minimum atomic E-state index is -4.43. The van der Waals surface area contributed by atoms with Crippen molar-refractivity contribution in [3.8, 4) is 0 Å². The fraction of sp³-hybridized carbons (Fsp3) is 0.600. The first-order chi connectivity index (χ1) is 10.9. The Morgan fingerprint density at radius 1 is 1.08 bits per heavy atom. The van der Waals surface area contributed by atoms with Crippen LogP contribution in [0.1, 0.15) is 11.6 Å². The van der Waals surface area contributed by atoms with E-state index in [2.05, 4.69) is 0 Å². The maximum Gasteiger partial charge on any atom is 0.350 e. The summed E-state index contributed by atoms with van der Waals surface area (Å²) in [6.07, 6.45) is -0.619. The summed E-state index contributed by atoms with van der Waals surface area (Å²) in [5.74, 6) is 0. The Morgan fingerprint density at radius 2 is 1.54 bits per heavy atom. The molecule has 12 nitrogen and oxygen atoms in total. The van der Waals surface area contributed by atoms with E-state index in [1.54, 1.807) is 0 Å². The second kappa shape index (κ2) is 8.32. The van der Waals surface area contributed by atoms with Crippen molar-refractivity contribution in [1.82, 2.24) is 9.55 Å². The molecule has 0 aliphatic heterocycles. The first-order valence-corrected chi connectivity index (χ1v) is 10.1. The molecule has 0 spiro atoms. The van der Waals surface area contributed by atoms with E-state index in [4.69, 9.17) is 29.0 Å². The van der Waals surface area contributed by atoms with Crippen LogP contribution in [0.25, 0.3) is 0 Å². The smallest absolute Gasteiger partial charge is 0.350 e. The molecule has 138 valence electrons. The van der Waals surface area contributed by atoms with Crippen LogP contribution in [0.3, 0.4) is 0 Å². The lowest BCUT2D eigenvalue weighted by Gasteiger charge is -2.20. The summed E-state index contributed by atoms with van der Waals surface area (Å²) in [5, 5.41) is 0. The molecule has 0 fully saturated rings. The van der Waals surface area contributed by atoms with Crippen molar-refractivity contribution in [2.75, 3.05) is 25.9 Å². The molecule has 5 N–H and O–H groups in total. The van der Waals surface area contributed by atoms with Gasteiger partial charge in [0.1, 0.15) is 12.7 Å². The number of rotatable bonds is 9. The molecule has 0 amide bonds. The summed E-state index contributed by atoms with van der Waals surface area (Å²) in [6, 6.07) is -0.967. The molecule has 0 saturated carbocycles. The molecule has 1 heterocycles. The van der Waals surface area contributed by atoms with Gasteiger partial charge in [-0.3, -0.25) is 23.5 Å². The number of aryl methyl sites for hydroxylation is 1. The molecule has 1 rings (SSSR count). The van der Waals surface area contributed by atoms with Gasteiger partial charge in [0.25, 0.3) is 5.56 Å². The van der Waals surface area contributed by atoms with Crippen molar-refractivity contribution in [1.29, 1.82) is 0 Å². The Bertz CT molecular complexity index is 732. The van der Waals surface area contributed by atoms with Crippen molar-refractivity contribution >= 4 is 15.2 Å². The highest BCUT2D eigenvalue weighted by molar-refractivity contribution is 7.51. The first-order valence-electron chi connectivity index (χ1n) is 6.46. The van der Waals surface area contributed by atoms with Crippen molar-refractivity contribution in [2.24, 2.45) is 0 Å². The van der Waals surface area contributed by atoms with Gasteiger partial charge in [0.2, 0.25) is 0 Å². The number of nitrogens with one attached hydrogen (secondary N) is 1. The minimum absolute atomic E-state index is 0.185. The zero-order chi connectivity index (χ0) is 18.5. The van der Waals surface area contributed by atoms with E-state index >= 15 is 0 Å². The number of hydrogen-bond acceptors (Lipinski definition) is 6. The van der Waals surface area contributed by atoms with Gasteiger partial charge >= 0.3 is 20.9 Å². The van der Waals surface area contributed by atoms with Crippen LogP contribution >= 0.6 is 15.2 Å². The molecular weight excluding hydrogens is 370 g/mol. The quantitative estimate of drug-likeness (QED) is 0.318. The van der Waals surface area contributed by atoms with Crippen LogP contribution < -0.4 is 11.2 Å². The van der Waals surface area contributed by atoms with Crippen LogP contribution in [0.5, 0.6) is 0 Å². The monoisotopic (exact) mass is 388 g/mol. The van der Waals surface area contributed by atoms with Gasteiger partial charge in [-0.05, 0) is 6.92 Å². The maximum atomic E-state index is 11.8. The Morgan fingerprint density at radius 3 is 1.96 bits per heavy atom. The van der Waals surface area contributed by atoms with Crippen molar-refractivity contribution in [3.63, 3.8) is 0 Å². The summed E-state index contributed by atoms with van der Waals surface area (Å²) < 4.78 is 32.2. The fourth-order valence-electron chi connectivity index (χ4n) is 1.68. The van der Waals surface area contributed by atoms with Gasteiger partial charge in [-0.2, -0.15) is 0 Å². The van der Waals surface area contributed by atoms with Gasteiger partial charge < -0.3 is 29.0 Å². The van der Waals surface area contributed by atoms with E-state index in [0.29, 0.717) is 0 Å². The van der Waals surface area contributed by atoms with E-state index in [1.807, 2.05) is 4.98 Å². The van der Waals surface area contributed by atoms with E-state index < -0.39 is 58.4 Å². The van der Waals surface area contributed by atoms with Gasteiger partial charge in [0, 0.05) is 11.8 Å². The summed E-state index contributed by atoms with van der Waals surface area (Å²) in [5.41, 5.74) is -1.25. The average molecular weight is 388 g/mol. The van der Waals surface area contributed by atoms with Crippen LogP contribution in [-0.2, 0) is 18.6 Å². The third-order valence-corrected chi connectivity index (χ3v) is 3.72. The van der Waals surface area contributed by atoms with Crippen molar-refractivity contribution in [3.05, 3.63) is 32.6 Å². The maximum absolute atomic E-state index is 11.8. The molecule has 0 aliphatic rings. The van der Waals surface area contributed by atoms with Gasteiger partial charge in [-0.15, -0.1) is 0 Å². The van der Waals surface area contributed by atoms with Gasteiger partial charge in [-0.1, -0.05) is 0 Å². The van der Waals surface area contributed by atoms with E-state index in [-0.39, 0.29) is 5.56 Å². The van der Waals surface area contributed by atoms with E-state index in [9.17, 15) is 18.7 Å². The third-order valence-electron chi connectivity index (χ3n) is 2.68. The molecule has 24 heavy (non-hydrogen) atoms. The number of aromatic nitrogens is 2. The summed E-state index contributed by atoms with van der Waals surface area (Å²) in [4.78, 5) is 60.3. The molecule has 0 bridgehead atoms. The van der Waals surface area contributed by atoms with Crippen molar-refractivity contribution in [2.45, 2.75) is 13.0 Å². The Hall–Kier alpha value is -1.10. The normalized spacial score (nSPS) is 12.8. The second-order valence-corrected chi connectivity index (χ2v) is 8.14. The predicted octanol–water partition coefficient (Wildman–Crippen LogP) is -1.31. The van der Waals surface area contributed by atoms with E-state index in [1.165, 1.54) is 13.1 Å². The summed E-state index contributed by atoms with van der Waals surface area (Å²) >= 11 is 0. The molecule has 0 saturated heterocycles. The number of hydrogen-bond donors (Lipinski definition) is 5. The topological polar surface area (TPSA) is 188 Å². The van der Waals surface area contributed by atoms with Crippen molar-refractivity contribution < 1.29 is 38.2 Å². The predicted molar refractivity (Wildman–Crippen MR) is 80.8 cm³/mol. The molecule has 1 aromatic heterocycles. The van der Waals surface area contributed by atoms with Crippen LogP contribution in [0.2, 0.25) is 0 Å². The number of ether oxygens (including phenoxy) is 2. The van der Waals surface area contributed by atoms with Gasteiger partial charge in [-0.25, -0.2) is 4.79 Å². The molecule has 0 aromatic carbocycles. The van der Waals surface area contributed by atoms with Gasteiger partial charge in [0.05, 0.1) is 19.3 Å². The largest absolute Gasteiger partial charge is 0.367 e. The number of nitrogens with zero attached hydrogens (tertiary/aromatic N) is 1. The zero-order valence-corrected chi connectivity index (χ0v) is 14.4. The lowest BCUT2D eigenvalue weighted by atomic mass is 10.3. The Balaban J connectivity index is 2.93. The van der Waals surface area contributed by atoms with E-state index in [0.717, 1.165) is 4.57 Å². The van der Waals surface area contributed by atoms with Gasteiger partial charge in [0.15, 0.2) is 0 Å². The lowest BCUT2D eigenvalue weighted by Crippen LogP contribution is -2.36. The van der Waals surface area contributed by atoms with Crippen LogP contribution in [0.4, 0.5) is 0 Å². The highest BCUT2D eigenvalue weighted by Crippen LogP contribution is 2.35. The zero-order valence-electron chi connectivity index (χ0n) is 12.6. The van der Waals surface area contributed by atoms with Crippen LogP contribution in [0.15, 0.2) is 15.8 Å². The first kappa shape index (κ1) is 20.9. The SMILES string of the molecule is Cc1cn(C(COCP(=O)(O)O)COCP(=O)(O)O)c(=O)[nH]c1=O. The molecule has 0 unspecified atom stereocenters. The molecular formula is C10H18N2O10P2. The molecule has 14 heteroatoms. The Labute approximate surface area is 135 Å². The molecule has 0 aliphatic carbocycles. The Kier molecular flexibility index (Phi) is 7.26. The fourth-order valence-corrected chi connectivity index (χ4v) is 2.37. The third kappa shape index (κ3) is 7.65. The highest BCUT2D eigenvalue weighted by atomic mass is 31.2. The van der Waals surface area contributed by atoms with Crippen LogP contribution in [0, 0.1) is 6.92 Å².